The van der Waals surface area contributed by atoms with Gasteiger partial charge < -0.3 is 15.5 Å². The zero-order valence-electron chi connectivity index (χ0n) is 21.6. The molecule has 2 aromatic rings. The van der Waals surface area contributed by atoms with Gasteiger partial charge in [-0.3, -0.25) is 0 Å². The average molecular weight is 482 g/mol. The van der Waals surface area contributed by atoms with Crippen molar-refractivity contribution >= 4 is 17.3 Å². The van der Waals surface area contributed by atoms with Crippen molar-refractivity contribution in [3.63, 3.8) is 0 Å². The van der Waals surface area contributed by atoms with Gasteiger partial charge in [0.1, 0.15) is 0 Å². The highest BCUT2D eigenvalue weighted by Crippen LogP contribution is 2.25. The van der Waals surface area contributed by atoms with Gasteiger partial charge in [0, 0.05) is 49.0 Å². The molecule has 3 nitrogen and oxygen atoms in total. The number of aryl methyl sites for hydroxylation is 2. The Morgan fingerprint density at radius 2 is 1.59 bits per heavy atom. The standard InChI is InChI=1S/C30H44ClN3/c1-5-24(4)30(32)22-33-19-17-29(18-20-33)34(21-16-23(2)3)28-14-10-26(11-15-28)7-6-25-8-12-27(31)13-9-25/h8-16,24,29-30H,5-7,17-22,32H2,1-4H3. The van der Waals surface area contributed by atoms with Crippen molar-refractivity contribution in [2.45, 2.75) is 71.9 Å². The molecule has 0 spiro atoms. The van der Waals surface area contributed by atoms with E-state index in [1.54, 1.807) is 0 Å². The van der Waals surface area contributed by atoms with Crippen LogP contribution in [-0.4, -0.2) is 43.2 Å². The van der Waals surface area contributed by atoms with Crippen molar-refractivity contribution < 1.29 is 0 Å². The minimum Gasteiger partial charge on any atom is -0.365 e. The summed E-state index contributed by atoms with van der Waals surface area (Å²) in [5.74, 6) is 0.588. The van der Waals surface area contributed by atoms with Crippen LogP contribution in [0.3, 0.4) is 0 Å². The molecule has 0 saturated carbocycles. The summed E-state index contributed by atoms with van der Waals surface area (Å²) in [5, 5.41) is 0.800. The predicted octanol–water partition coefficient (Wildman–Crippen LogP) is 6.74. The number of likely N-dealkylation sites (tertiary alicyclic amines) is 1. The highest BCUT2D eigenvalue weighted by Gasteiger charge is 2.26. The topological polar surface area (TPSA) is 32.5 Å². The summed E-state index contributed by atoms with van der Waals surface area (Å²) in [5.41, 5.74) is 11.9. The number of halogens is 1. The number of anilines is 1. The summed E-state index contributed by atoms with van der Waals surface area (Å²) in [7, 11) is 0. The van der Waals surface area contributed by atoms with E-state index in [1.807, 2.05) is 12.1 Å². The summed E-state index contributed by atoms with van der Waals surface area (Å²) in [6, 6.07) is 18.3. The summed E-state index contributed by atoms with van der Waals surface area (Å²) in [6.07, 6.45) is 7.99. The van der Waals surface area contributed by atoms with Crippen molar-refractivity contribution in [2.75, 3.05) is 31.1 Å². The molecule has 2 aromatic carbocycles. The fraction of sp³-hybridized carbons (Fsp3) is 0.533. The van der Waals surface area contributed by atoms with E-state index >= 15 is 0 Å². The fourth-order valence-electron chi connectivity index (χ4n) is 4.73. The van der Waals surface area contributed by atoms with Crippen LogP contribution in [0, 0.1) is 5.92 Å². The van der Waals surface area contributed by atoms with Crippen molar-refractivity contribution in [2.24, 2.45) is 11.7 Å². The number of rotatable bonds is 11. The van der Waals surface area contributed by atoms with E-state index in [-0.39, 0.29) is 6.04 Å². The highest BCUT2D eigenvalue weighted by molar-refractivity contribution is 6.30. The summed E-state index contributed by atoms with van der Waals surface area (Å²) in [6.45, 7) is 13.2. The lowest BCUT2D eigenvalue weighted by Gasteiger charge is -2.40. The number of piperidine rings is 1. The van der Waals surface area contributed by atoms with Gasteiger partial charge in [-0.25, -0.2) is 0 Å². The van der Waals surface area contributed by atoms with Gasteiger partial charge in [0.2, 0.25) is 0 Å². The van der Waals surface area contributed by atoms with Gasteiger partial charge >= 0.3 is 0 Å². The molecule has 0 amide bonds. The third-order valence-corrected chi connectivity index (χ3v) is 7.67. The van der Waals surface area contributed by atoms with Gasteiger partial charge in [-0.15, -0.1) is 0 Å². The van der Waals surface area contributed by atoms with E-state index in [2.05, 4.69) is 80.0 Å². The molecular weight excluding hydrogens is 438 g/mol. The first-order chi connectivity index (χ1) is 16.4. The molecule has 1 saturated heterocycles. The summed E-state index contributed by atoms with van der Waals surface area (Å²) < 4.78 is 0. The SMILES string of the molecule is CCC(C)C(N)CN1CCC(N(CC=C(C)C)c2ccc(CCc3ccc(Cl)cc3)cc2)CC1. The fourth-order valence-corrected chi connectivity index (χ4v) is 4.86. The van der Waals surface area contributed by atoms with Gasteiger partial charge in [0.05, 0.1) is 0 Å². The maximum atomic E-state index is 6.44. The van der Waals surface area contributed by atoms with Crippen LogP contribution < -0.4 is 10.6 Å². The van der Waals surface area contributed by atoms with Crippen molar-refractivity contribution in [1.82, 2.24) is 4.90 Å². The minimum absolute atomic E-state index is 0.281. The normalized spacial score (nSPS) is 16.8. The first-order valence-electron chi connectivity index (χ1n) is 13.1. The van der Waals surface area contributed by atoms with Crippen LogP contribution in [0.5, 0.6) is 0 Å². The number of nitrogens with zero attached hydrogens (tertiary/aromatic N) is 2. The van der Waals surface area contributed by atoms with Crippen molar-refractivity contribution in [3.8, 4) is 0 Å². The quantitative estimate of drug-likeness (QED) is 0.361. The second-order valence-electron chi connectivity index (χ2n) is 10.3. The molecule has 4 heteroatoms. The average Bonchev–Trinajstić information content (AvgIpc) is 2.84. The zero-order valence-corrected chi connectivity index (χ0v) is 22.4. The lowest BCUT2D eigenvalue weighted by molar-refractivity contribution is 0.184. The molecule has 0 aromatic heterocycles. The zero-order chi connectivity index (χ0) is 24.5. The molecular formula is C30H44ClN3. The molecule has 1 aliphatic rings. The lowest BCUT2D eigenvalue weighted by atomic mass is 9.97. The van der Waals surface area contributed by atoms with E-state index in [1.165, 1.54) is 35.2 Å². The third kappa shape index (κ3) is 8.15. The van der Waals surface area contributed by atoms with E-state index < -0.39 is 0 Å². The minimum atomic E-state index is 0.281. The van der Waals surface area contributed by atoms with Gasteiger partial charge in [-0.1, -0.05) is 67.8 Å². The van der Waals surface area contributed by atoms with E-state index in [4.69, 9.17) is 17.3 Å². The van der Waals surface area contributed by atoms with Crippen LogP contribution in [0.1, 0.15) is 58.1 Å². The molecule has 1 aliphatic heterocycles. The second-order valence-corrected chi connectivity index (χ2v) is 10.7. The van der Waals surface area contributed by atoms with Crippen molar-refractivity contribution in [3.05, 3.63) is 76.3 Å². The third-order valence-electron chi connectivity index (χ3n) is 7.42. The molecule has 0 radical (unpaired) electrons. The number of hydrogen-bond acceptors (Lipinski definition) is 3. The number of hydrogen-bond donors (Lipinski definition) is 1. The lowest BCUT2D eigenvalue weighted by Crippen LogP contribution is -2.49. The summed E-state index contributed by atoms with van der Waals surface area (Å²) >= 11 is 6.02. The number of benzene rings is 2. The molecule has 2 unspecified atom stereocenters. The predicted molar refractivity (Wildman–Crippen MR) is 149 cm³/mol. The Labute approximate surface area is 213 Å². The first-order valence-corrected chi connectivity index (χ1v) is 13.4. The summed E-state index contributed by atoms with van der Waals surface area (Å²) in [4.78, 5) is 5.19. The van der Waals surface area contributed by atoms with Crippen LogP contribution in [0.2, 0.25) is 5.02 Å². The Bertz CT molecular complexity index is 878. The monoisotopic (exact) mass is 481 g/mol. The molecule has 34 heavy (non-hydrogen) atoms. The van der Waals surface area contributed by atoms with Gasteiger partial charge in [-0.2, -0.15) is 0 Å². The van der Waals surface area contributed by atoms with Crippen LogP contribution in [-0.2, 0) is 12.8 Å². The molecule has 3 rings (SSSR count). The molecule has 0 bridgehead atoms. The van der Waals surface area contributed by atoms with Gasteiger partial charge in [0.15, 0.2) is 0 Å². The van der Waals surface area contributed by atoms with E-state index in [0.717, 1.165) is 50.5 Å². The van der Waals surface area contributed by atoms with Crippen LogP contribution in [0.25, 0.3) is 0 Å². The molecule has 2 atom stereocenters. The van der Waals surface area contributed by atoms with E-state index in [0.29, 0.717) is 12.0 Å². The highest BCUT2D eigenvalue weighted by atomic mass is 35.5. The van der Waals surface area contributed by atoms with Crippen LogP contribution >= 0.6 is 11.6 Å². The molecule has 0 aliphatic carbocycles. The Balaban J connectivity index is 1.61. The Hall–Kier alpha value is -1.81. The Kier molecular flexibility index (Phi) is 10.5. The number of allylic oxidation sites excluding steroid dienone is 1. The molecule has 1 heterocycles. The van der Waals surface area contributed by atoms with Gasteiger partial charge in [0.25, 0.3) is 0 Å². The Morgan fingerprint density at radius 1 is 1.03 bits per heavy atom. The van der Waals surface area contributed by atoms with Crippen molar-refractivity contribution in [1.29, 1.82) is 0 Å². The Morgan fingerprint density at radius 3 is 2.12 bits per heavy atom. The van der Waals surface area contributed by atoms with Crippen LogP contribution in [0.4, 0.5) is 5.69 Å². The largest absolute Gasteiger partial charge is 0.365 e. The first kappa shape index (κ1) is 26.8. The molecule has 186 valence electrons. The smallest absolute Gasteiger partial charge is 0.0406 e. The van der Waals surface area contributed by atoms with Crippen LogP contribution in [0.15, 0.2) is 60.2 Å². The molecule has 1 fully saturated rings. The molecule has 2 N–H and O–H groups in total. The number of nitrogens with two attached hydrogens (primary N) is 1. The maximum Gasteiger partial charge on any atom is 0.0406 e. The van der Waals surface area contributed by atoms with Gasteiger partial charge in [-0.05, 0) is 80.8 Å². The second kappa shape index (κ2) is 13.3. The van der Waals surface area contributed by atoms with E-state index in [9.17, 15) is 0 Å². The maximum absolute atomic E-state index is 6.44.